The minimum atomic E-state index is -5.08. The number of alkyl halides is 3. The van der Waals surface area contributed by atoms with E-state index < -0.39 is 41.0 Å². The number of ether oxygens (including phenoxy) is 1. The summed E-state index contributed by atoms with van der Waals surface area (Å²) >= 11 is 0. The largest absolute Gasteiger partial charge is 0.490 e. The van der Waals surface area contributed by atoms with Crippen LogP contribution in [0, 0.1) is 37.1 Å². The number of aliphatic carboxylic acids is 1. The average Bonchev–Trinajstić information content (AvgIpc) is 4.08. The molecule has 10 rings (SSSR count). The molecule has 6 aromatic heterocycles. The van der Waals surface area contributed by atoms with Crippen molar-refractivity contribution in [3.63, 3.8) is 0 Å². The van der Waals surface area contributed by atoms with Crippen LogP contribution in [0.1, 0.15) is 95.2 Å². The van der Waals surface area contributed by atoms with Crippen molar-refractivity contribution in [3.05, 3.63) is 132 Å². The molecule has 0 aliphatic carbocycles. The van der Waals surface area contributed by atoms with Crippen LogP contribution in [0.25, 0.3) is 44.3 Å². The number of aryl methyl sites for hydroxylation is 2. The second kappa shape index (κ2) is 24.8. The van der Waals surface area contributed by atoms with Crippen molar-refractivity contribution in [2.45, 2.75) is 99.0 Å². The molecule has 0 spiro atoms. The highest BCUT2D eigenvalue weighted by Crippen LogP contribution is 2.33. The molecule has 0 atom stereocenters. The molecular formula is C57H63F7N14O4. The van der Waals surface area contributed by atoms with Gasteiger partial charge in [0.15, 0.2) is 11.6 Å². The number of hydrogen-bond donors (Lipinski definition) is 2. The van der Waals surface area contributed by atoms with Gasteiger partial charge in [0.25, 0.3) is 0 Å². The quantitative estimate of drug-likeness (QED) is 0.123. The van der Waals surface area contributed by atoms with Crippen molar-refractivity contribution in [1.82, 2.24) is 59.2 Å². The van der Waals surface area contributed by atoms with Crippen molar-refractivity contribution in [2.75, 3.05) is 62.2 Å². The Kier molecular flexibility index (Phi) is 18.1. The van der Waals surface area contributed by atoms with Crippen molar-refractivity contribution in [3.8, 4) is 22.3 Å². The molecule has 2 N–H and O–H groups in total. The van der Waals surface area contributed by atoms with Crippen LogP contribution < -0.4 is 15.1 Å². The van der Waals surface area contributed by atoms with Gasteiger partial charge in [-0.3, -0.25) is 9.97 Å². The molecule has 82 heavy (non-hydrogen) atoms. The molecule has 0 radical (unpaired) electrons. The molecular weight excluding hydrogens is 1080 g/mol. The summed E-state index contributed by atoms with van der Waals surface area (Å²) in [6, 6.07) is 9.64. The molecule has 0 unspecified atom stereocenters. The van der Waals surface area contributed by atoms with Gasteiger partial charge in [-0.25, -0.2) is 57.1 Å². The summed E-state index contributed by atoms with van der Waals surface area (Å²) < 4.78 is 101. The van der Waals surface area contributed by atoms with E-state index in [0.717, 1.165) is 49.6 Å². The zero-order valence-corrected chi connectivity index (χ0v) is 46.8. The average molecular weight is 1140 g/mol. The number of nitrogens with one attached hydrogen (secondary N) is 1. The lowest BCUT2D eigenvalue weighted by molar-refractivity contribution is -0.192. The van der Waals surface area contributed by atoms with Gasteiger partial charge >= 0.3 is 18.2 Å². The number of carboxylic acids is 1. The highest BCUT2D eigenvalue weighted by Gasteiger charge is 2.38. The van der Waals surface area contributed by atoms with E-state index in [9.17, 15) is 31.1 Å². The predicted molar refractivity (Wildman–Crippen MR) is 294 cm³/mol. The first-order valence-electron chi connectivity index (χ1n) is 26.5. The number of carbonyl (C=O) groups is 2. The highest BCUT2D eigenvalue weighted by molar-refractivity contribution is 5.85. The number of amides is 1. The normalized spacial score (nSPS) is 14.0. The van der Waals surface area contributed by atoms with Crippen LogP contribution in [0.5, 0.6) is 0 Å². The van der Waals surface area contributed by atoms with Crippen LogP contribution in [0.15, 0.2) is 73.6 Å². The first kappa shape index (κ1) is 59.8. The van der Waals surface area contributed by atoms with Crippen LogP contribution in [0.2, 0.25) is 0 Å². The zero-order valence-electron chi connectivity index (χ0n) is 46.8. The smallest absolute Gasteiger partial charge is 0.475 e. The molecule has 434 valence electrons. The molecule has 0 saturated carbocycles. The maximum Gasteiger partial charge on any atom is 0.490 e. The number of anilines is 2. The van der Waals surface area contributed by atoms with Crippen LogP contribution in [0.4, 0.5) is 46.9 Å². The van der Waals surface area contributed by atoms with E-state index in [1.165, 1.54) is 18.3 Å². The van der Waals surface area contributed by atoms with Crippen LogP contribution >= 0.6 is 0 Å². The molecule has 2 saturated heterocycles. The van der Waals surface area contributed by atoms with Gasteiger partial charge in [-0.1, -0.05) is 0 Å². The molecule has 2 aromatic carbocycles. The third-order valence-corrected chi connectivity index (χ3v) is 13.4. The predicted octanol–water partition coefficient (Wildman–Crippen LogP) is 10.4. The Morgan fingerprint density at radius 1 is 0.585 bits per heavy atom. The highest BCUT2D eigenvalue weighted by atomic mass is 19.4. The Bertz CT molecular complexity index is 3570. The second-order valence-electron chi connectivity index (χ2n) is 21.3. The van der Waals surface area contributed by atoms with E-state index in [1.54, 1.807) is 41.6 Å². The number of halogens is 7. The molecule has 2 aliphatic rings. The molecule has 0 bridgehead atoms. The topological polar surface area (TPSA) is 198 Å². The number of aromatic nitrogens is 10. The lowest BCUT2D eigenvalue weighted by Gasteiger charge is -2.36. The third-order valence-electron chi connectivity index (χ3n) is 13.4. The zero-order chi connectivity index (χ0) is 59.4. The van der Waals surface area contributed by atoms with Gasteiger partial charge in [0, 0.05) is 87.0 Å². The molecule has 25 heteroatoms. The van der Waals surface area contributed by atoms with Gasteiger partial charge in [0.05, 0.1) is 72.4 Å². The first-order chi connectivity index (χ1) is 38.7. The second-order valence-corrected chi connectivity index (χ2v) is 21.3. The maximum absolute atomic E-state index is 15.0. The van der Waals surface area contributed by atoms with Crippen molar-refractivity contribution in [2.24, 2.45) is 0 Å². The van der Waals surface area contributed by atoms with Gasteiger partial charge < -0.3 is 39.0 Å². The summed E-state index contributed by atoms with van der Waals surface area (Å²) in [5, 5.41) is 10.4. The Hall–Kier alpha value is -8.35. The SMILES string of the molecule is Cc1nc2c(F)cc(-c3cc(Cc4ncc(N5CCN(C(=O)OC(C)(C)C)CC5)cn4)ncc3F)cc2n1C(C)C.Cc1nc2c(F)cc(-c3cc(Cc4ncc(N5CCNCC5)cn4)ncc3F)cc2n1C(C)C.O=C(O)C(F)(F)F. The number of nitrogens with zero attached hydrogens (tertiary/aromatic N) is 13. The van der Waals surface area contributed by atoms with Gasteiger partial charge in [-0.05, 0) is 110 Å². The van der Waals surface area contributed by atoms with Crippen molar-refractivity contribution < 1.29 is 50.2 Å². The summed E-state index contributed by atoms with van der Waals surface area (Å²) in [6.45, 7) is 23.3. The number of fused-ring (bicyclic) bond motifs is 2. The summed E-state index contributed by atoms with van der Waals surface area (Å²) in [5.74, 6) is -2.23. The van der Waals surface area contributed by atoms with Gasteiger partial charge in [0.2, 0.25) is 0 Å². The van der Waals surface area contributed by atoms with Gasteiger partial charge in [-0.15, -0.1) is 0 Å². The number of carboxylic acid groups (broad SMARTS) is 1. The van der Waals surface area contributed by atoms with Crippen molar-refractivity contribution in [1.29, 1.82) is 0 Å². The molecule has 8 heterocycles. The maximum atomic E-state index is 15.0. The number of hydrogen-bond acceptors (Lipinski definition) is 14. The molecule has 1 amide bonds. The number of benzene rings is 2. The minimum absolute atomic E-state index is 0.0708. The minimum Gasteiger partial charge on any atom is -0.475 e. The van der Waals surface area contributed by atoms with E-state index >= 15 is 4.39 Å². The first-order valence-corrected chi connectivity index (χ1v) is 26.5. The monoisotopic (exact) mass is 1140 g/mol. The van der Waals surface area contributed by atoms with E-state index in [1.807, 2.05) is 83.8 Å². The summed E-state index contributed by atoms with van der Waals surface area (Å²) in [5.41, 5.74) is 5.72. The number of imidazole rings is 2. The molecule has 2 aliphatic heterocycles. The standard InChI is InChI=1S/C30H35F2N7O2.C25H27F2N7.C2HF3O2/c1-18(2)39-19(3)36-28-24(31)11-20(12-26(28)39)23-13-21(33-17-25(23)32)14-27-34-15-22(16-35-27)37-7-9-38(10-8-37)29(40)41-30(4,5)6;1-15(2)34-16(3)32-25-21(26)8-17(9-23(25)34)20-10-18(29-14-22(20)27)11-24-30-12-19(13-31-24)33-6-4-28-5-7-33;3-2(4,5)1(6)7/h11-13,15-18H,7-10,14H2,1-6H3;8-10,12-15,28H,4-7,11H2,1-3H3;(H,6,7). The summed E-state index contributed by atoms with van der Waals surface area (Å²) in [4.78, 5) is 62.5. The van der Waals surface area contributed by atoms with Crippen LogP contribution in [-0.4, -0.2) is 135 Å². The van der Waals surface area contributed by atoms with Crippen LogP contribution in [0.3, 0.4) is 0 Å². The third kappa shape index (κ3) is 14.2. The fraction of sp³-hybridized carbons (Fsp3) is 0.404. The number of pyridine rings is 2. The number of piperazine rings is 2. The number of rotatable bonds is 10. The van der Waals surface area contributed by atoms with E-state index in [4.69, 9.17) is 14.6 Å². The molecule has 2 fully saturated rings. The molecule has 18 nitrogen and oxygen atoms in total. The lowest BCUT2D eigenvalue weighted by atomic mass is 10.0. The van der Waals surface area contributed by atoms with E-state index in [-0.39, 0.29) is 41.2 Å². The van der Waals surface area contributed by atoms with Gasteiger partial charge in [-0.2, -0.15) is 13.2 Å². The Morgan fingerprint density at radius 3 is 1.34 bits per heavy atom. The summed E-state index contributed by atoms with van der Waals surface area (Å²) in [7, 11) is 0. The number of carbonyl (C=O) groups excluding carboxylic acids is 1. The lowest BCUT2D eigenvalue weighted by Crippen LogP contribution is -2.50. The fourth-order valence-electron chi connectivity index (χ4n) is 9.68. The van der Waals surface area contributed by atoms with Gasteiger partial charge in [0.1, 0.15) is 51.6 Å². The van der Waals surface area contributed by atoms with Crippen molar-refractivity contribution >= 4 is 45.5 Å². The fourth-order valence-corrected chi connectivity index (χ4v) is 9.68. The van der Waals surface area contributed by atoms with E-state index in [2.05, 4.69) is 55.0 Å². The van der Waals surface area contributed by atoms with Crippen LogP contribution in [-0.2, 0) is 22.4 Å². The summed E-state index contributed by atoms with van der Waals surface area (Å²) in [6.07, 6.45) is 4.69. The Labute approximate surface area is 468 Å². The Balaban J connectivity index is 0.000000195. The Morgan fingerprint density at radius 2 is 0.976 bits per heavy atom. The molecule has 8 aromatic rings. The van der Waals surface area contributed by atoms with E-state index in [0.29, 0.717) is 89.1 Å².